The molecule has 0 aromatic heterocycles. The summed E-state index contributed by atoms with van der Waals surface area (Å²) in [5, 5.41) is 8.06. The number of hydrogen-bond donors (Lipinski definition) is 2. The Kier molecular flexibility index (Phi) is 4.39. The molecule has 6 heteroatoms. The number of aryl methyl sites for hydroxylation is 1. The van der Waals surface area contributed by atoms with Gasteiger partial charge in [-0.1, -0.05) is 19.8 Å². The number of benzene rings is 1. The van der Waals surface area contributed by atoms with E-state index in [-0.39, 0.29) is 16.2 Å². The number of nitrogens with one attached hydrogen (secondary N) is 1. The number of carbonyl (C=O) groups is 1. The molecule has 1 fully saturated rings. The second-order valence-electron chi connectivity index (χ2n) is 5.82. The first-order chi connectivity index (χ1) is 9.78. The lowest BCUT2D eigenvalue weighted by molar-refractivity contribution is -0.125. The van der Waals surface area contributed by atoms with E-state index in [0.29, 0.717) is 11.3 Å². The number of sulfonamides is 1. The van der Waals surface area contributed by atoms with Crippen molar-refractivity contribution >= 4 is 21.6 Å². The number of hydrogen-bond acceptors (Lipinski definition) is 3. The highest BCUT2D eigenvalue weighted by Gasteiger charge is 2.39. The Morgan fingerprint density at radius 3 is 2.43 bits per heavy atom. The van der Waals surface area contributed by atoms with E-state index in [0.717, 1.165) is 32.1 Å². The summed E-state index contributed by atoms with van der Waals surface area (Å²) in [6.07, 6.45) is 4.84. The van der Waals surface area contributed by atoms with Gasteiger partial charge in [0.15, 0.2) is 0 Å². The van der Waals surface area contributed by atoms with Gasteiger partial charge in [-0.15, -0.1) is 0 Å². The molecule has 21 heavy (non-hydrogen) atoms. The van der Waals surface area contributed by atoms with Crippen LogP contribution >= 0.6 is 0 Å². The van der Waals surface area contributed by atoms with Gasteiger partial charge in [0.05, 0.1) is 4.90 Å². The third kappa shape index (κ3) is 3.27. The molecule has 0 unspecified atom stereocenters. The van der Waals surface area contributed by atoms with Crippen LogP contribution in [0.5, 0.6) is 0 Å². The number of nitrogens with two attached hydrogens (primary N) is 1. The summed E-state index contributed by atoms with van der Waals surface area (Å²) in [7, 11) is -3.72. The monoisotopic (exact) mass is 310 g/mol. The van der Waals surface area contributed by atoms with E-state index in [2.05, 4.69) is 5.32 Å². The standard InChI is InChI=1S/C15H22N2O3S/c1-3-15(8-4-5-9-15)14(18)17-12-6-7-13(11(2)10-12)21(16,19)20/h6-7,10H,3-5,8-9H2,1-2H3,(H,17,18)(H2,16,19,20). The quantitative estimate of drug-likeness (QED) is 0.895. The molecule has 0 heterocycles. The summed E-state index contributed by atoms with van der Waals surface area (Å²) in [5.41, 5.74) is 0.879. The predicted octanol–water partition coefficient (Wildman–Crippen LogP) is 2.55. The van der Waals surface area contributed by atoms with Crippen LogP contribution in [0.25, 0.3) is 0 Å². The average Bonchev–Trinajstić information content (AvgIpc) is 2.87. The number of primary sulfonamides is 1. The number of carbonyl (C=O) groups excluding carboxylic acids is 1. The molecule has 0 spiro atoms. The third-order valence-electron chi connectivity index (χ3n) is 4.46. The highest BCUT2D eigenvalue weighted by atomic mass is 32.2. The first-order valence-electron chi connectivity index (χ1n) is 7.23. The van der Waals surface area contributed by atoms with Crippen LogP contribution in [0.3, 0.4) is 0 Å². The third-order valence-corrected chi connectivity index (χ3v) is 5.53. The van der Waals surface area contributed by atoms with Crippen LogP contribution in [0.4, 0.5) is 5.69 Å². The molecule has 1 saturated carbocycles. The molecule has 1 aromatic rings. The fourth-order valence-corrected chi connectivity index (χ4v) is 3.87. The second-order valence-corrected chi connectivity index (χ2v) is 7.35. The van der Waals surface area contributed by atoms with Gasteiger partial charge in [-0.05, 0) is 49.9 Å². The van der Waals surface area contributed by atoms with Crippen molar-refractivity contribution in [2.24, 2.45) is 10.6 Å². The van der Waals surface area contributed by atoms with E-state index in [9.17, 15) is 13.2 Å². The SMILES string of the molecule is CCC1(C(=O)Nc2ccc(S(N)(=O)=O)c(C)c2)CCCC1. The molecule has 2 rings (SSSR count). The summed E-state index contributed by atoms with van der Waals surface area (Å²) in [6.45, 7) is 3.71. The van der Waals surface area contributed by atoms with Crippen LogP contribution in [0.1, 0.15) is 44.6 Å². The van der Waals surface area contributed by atoms with Crippen LogP contribution < -0.4 is 10.5 Å². The molecule has 0 atom stereocenters. The van der Waals surface area contributed by atoms with Gasteiger partial charge in [0.1, 0.15) is 0 Å². The van der Waals surface area contributed by atoms with Crippen molar-refractivity contribution in [1.82, 2.24) is 0 Å². The van der Waals surface area contributed by atoms with Gasteiger partial charge in [-0.3, -0.25) is 4.79 Å². The maximum atomic E-state index is 12.5. The molecule has 116 valence electrons. The Morgan fingerprint density at radius 1 is 1.33 bits per heavy atom. The highest BCUT2D eigenvalue weighted by molar-refractivity contribution is 7.89. The molecule has 3 N–H and O–H groups in total. The smallest absolute Gasteiger partial charge is 0.238 e. The Hall–Kier alpha value is -1.40. The van der Waals surface area contributed by atoms with E-state index in [1.807, 2.05) is 6.92 Å². The van der Waals surface area contributed by atoms with Crippen LogP contribution in [0, 0.1) is 12.3 Å². The minimum absolute atomic E-state index is 0.0326. The van der Waals surface area contributed by atoms with Crippen LogP contribution in [0.2, 0.25) is 0 Å². The van der Waals surface area contributed by atoms with E-state index < -0.39 is 10.0 Å². The van der Waals surface area contributed by atoms with Gasteiger partial charge in [0.2, 0.25) is 15.9 Å². The van der Waals surface area contributed by atoms with Crippen molar-refractivity contribution in [1.29, 1.82) is 0 Å². The molecular formula is C15H22N2O3S. The molecule has 1 amide bonds. The van der Waals surface area contributed by atoms with E-state index in [4.69, 9.17) is 5.14 Å². The largest absolute Gasteiger partial charge is 0.326 e. The lowest BCUT2D eigenvalue weighted by Crippen LogP contribution is -2.33. The fourth-order valence-electron chi connectivity index (χ4n) is 3.10. The zero-order chi connectivity index (χ0) is 15.7. The molecule has 0 aliphatic heterocycles. The first-order valence-corrected chi connectivity index (χ1v) is 8.78. The summed E-state index contributed by atoms with van der Waals surface area (Å²) in [5.74, 6) is 0.0326. The van der Waals surface area contributed by atoms with E-state index in [1.54, 1.807) is 19.1 Å². The molecule has 5 nitrogen and oxygen atoms in total. The fraction of sp³-hybridized carbons (Fsp3) is 0.533. The van der Waals surface area contributed by atoms with Gasteiger partial charge in [-0.25, -0.2) is 13.6 Å². The van der Waals surface area contributed by atoms with Crippen molar-refractivity contribution in [3.05, 3.63) is 23.8 Å². The van der Waals surface area contributed by atoms with E-state index in [1.165, 1.54) is 6.07 Å². The van der Waals surface area contributed by atoms with Crippen molar-refractivity contribution < 1.29 is 13.2 Å². The minimum atomic E-state index is -3.72. The average molecular weight is 310 g/mol. The number of anilines is 1. The molecule has 1 aliphatic carbocycles. The van der Waals surface area contributed by atoms with Crippen molar-refractivity contribution in [3.8, 4) is 0 Å². The van der Waals surface area contributed by atoms with Crippen LogP contribution in [-0.2, 0) is 14.8 Å². The molecule has 1 aromatic carbocycles. The zero-order valence-corrected chi connectivity index (χ0v) is 13.3. The van der Waals surface area contributed by atoms with Gasteiger partial charge in [-0.2, -0.15) is 0 Å². The molecule has 0 bridgehead atoms. The summed E-state index contributed by atoms with van der Waals surface area (Å²) >= 11 is 0. The van der Waals surface area contributed by atoms with E-state index >= 15 is 0 Å². The Balaban J connectivity index is 2.21. The maximum Gasteiger partial charge on any atom is 0.238 e. The van der Waals surface area contributed by atoms with Gasteiger partial charge >= 0.3 is 0 Å². The van der Waals surface area contributed by atoms with Crippen molar-refractivity contribution in [2.75, 3.05) is 5.32 Å². The van der Waals surface area contributed by atoms with Crippen molar-refractivity contribution in [2.45, 2.75) is 50.8 Å². The first kappa shape index (κ1) is 16.0. The topological polar surface area (TPSA) is 89.3 Å². The second kappa shape index (κ2) is 5.77. The van der Waals surface area contributed by atoms with Gasteiger partial charge in [0.25, 0.3) is 0 Å². The zero-order valence-electron chi connectivity index (χ0n) is 12.5. The maximum absolute atomic E-state index is 12.5. The number of amides is 1. The summed E-state index contributed by atoms with van der Waals surface area (Å²) in [6, 6.07) is 4.67. The summed E-state index contributed by atoms with van der Waals surface area (Å²) < 4.78 is 22.8. The molecular weight excluding hydrogens is 288 g/mol. The predicted molar refractivity (Wildman–Crippen MR) is 82.4 cm³/mol. The van der Waals surface area contributed by atoms with Gasteiger partial charge < -0.3 is 5.32 Å². The Morgan fingerprint density at radius 2 is 1.95 bits per heavy atom. The Labute approximate surface area is 126 Å². The van der Waals surface area contributed by atoms with Crippen molar-refractivity contribution in [3.63, 3.8) is 0 Å². The van der Waals surface area contributed by atoms with Gasteiger partial charge in [0, 0.05) is 11.1 Å². The van der Waals surface area contributed by atoms with Crippen LogP contribution in [-0.4, -0.2) is 14.3 Å². The minimum Gasteiger partial charge on any atom is -0.326 e. The Bertz CT molecular complexity index is 647. The lowest BCUT2D eigenvalue weighted by Gasteiger charge is -2.26. The lowest BCUT2D eigenvalue weighted by atomic mass is 9.82. The number of rotatable bonds is 4. The highest BCUT2D eigenvalue weighted by Crippen LogP contribution is 2.41. The van der Waals surface area contributed by atoms with Crippen LogP contribution in [0.15, 0.2) is 23.1 Å². The summed E-state index contributed by atoms with van der Waals surface area (Å²) in [4.78, 5) is 12.6. The normalized spacial score (nSPS) is 17.7. The molecule has 0 radical (unpaired) electrons. The molecule has 1 aliphatic rings. The molecule has 0 saturated heterocycles.